The number of amides is 2. The molecule has 5 N–H and O–H groups in total. The van der Waals surface area contributed by atoms with Crippen LogP contribution >= 0.6 is 0 Å². The Kier molecular flexibility index (Phi) is 9.83. The second-order valence-corrected chi connectivity index (χ2v) is 9.38. The zero-order valence-corrected chi connectivity index (χ0v) is 20.1. The summed E-state index contributed by atoms with van der Waals surface area (Å²) in [5.41, 5.74) is 0.308. The highest BCUT2D eigenvalue weighted by Crippen LogP contribution is 2.18. The van der Waals surface area contributed by atoms with Crippen LogP contribution in [0.3, 0.4) is 0 Å². The molecule has 0 radical (unpaired) electrons. The predicted octanol–water partition coefficient (Wildman–Crippen LogP) is 2.90. The maximum Gasteiger partial charge on any atom is 0.407 e. The van der Waals surface area contributed by atoms with E-state index < -0.39 is 42.3 Å². The summed E-state index contributed by atoms with van der Waals surface area (Å²) in [7, 11) is 0. The van der Waals surface area contributed by atoms with Crippen molar-refractivity contribution in [1.82, 2.24) is 16.0 Å². The van der Waals surface area contributed by atoms with Gasteiger partial charge in [-0.3, -0.25) is 14.9 Å². The SMILES string of the molecule is C[C@@H](CC(O)NCc1cccc2ccccc12)NC(=O)C[C@H](CC(=O)O)NC(=O)OC(C)(C)C. The quantitative estimate of drug-likeness (QED) is 0.317. The molecule has 0 saturated carbocycles. The molecule has 9 heteroatoms. The first-order chi connectivity index (χ1) is 15.9. The number of carboxylic acid groups (broad SMARTS) is 1. The molecule has 9 nitrogen and oxygen atoms in total. The number of aliphatic carboxylic acids is 1. The van der Waals surface area contributed by atoms with E-state index in [-0.39, 0.29) is 18.9 Å². The lowest BCUT2D eigenvalue weighted by molar-refractivity contribution is -0.137. The van der Waals surface area contributed by atoms with Gasteiger partial charge in [0, 0.05) is 25.4 Å². The fraction of sp³-hybridized carbons (Fsp3) is 0.480. The Bertz CT molecular complexity index is 983. The van der Waals surface area contributed by atoms with Crippen LogP contribution < -0.4 is 16.0 Å². The molecule has 2 rings (SSSR count). The van der Waals surface area contributed by atoms with E-state index in [1.165, 1.54) is 0 Å². The number of rotatable bonds is 11. The van der Waals surface area contributed by atoms with Gasteiger partial charge in [0.25, 0.3) is 0 Å². The normalized spacial score (nSPS) is 14.1. The van der Waals surface area contributed by atoms with Crippen molar-refractivity contribution in [2.75, 3.05) is 0 Å². The van der Waals surface area contributed by atoms with Gasteiger partial charge in [-0.05, 0) is 44.0 Å². The Hall–Kier alpha value is -3.17. The number of aliphatic hydroxyl groups excluding tert-OH is 1. The van der Waals surface area contributed by atoms with E-state index in [0.717, 1.165) is 16.3 Å². The highest BCUT2D eigenvalue weighted by atomic mass is 16.6. The van der Waals surface area contributed by atoms with Crippen molar-refractivity contribution < 1.29 is 29.3 Å². The van der Waals surface area contributed by atoms with E-state index >= 15 is 0 Å². The lowest BCUT2D eigenvalue weighted by Crippen LogP contribution is -2.45. The Morgan fingerprint density at radius 3 is 2.35 bits per heavy atom. The molecule has 0 saturated heterocycles. The Morgan fingerprint density at radius 1 is 1.00 bits per heavy atom. The van der Waals surface area contributed by atoms with Gasteiger partial charge in [-0.15, -0.1) is 0 Å². The van der Waals surface area contributed by atoms with Gasteiger partial charge < -0.3 is 25.6 Å². The summed E-state index contributed by atoms with van der Waals surface area (Å²) in [5, 5.41) is 29.9. The maximum atomic E-state index is 12.4. The number of benzene rings is 2. The van der Waals surface area contributed by atoms with Gasteiger partial charge in [-0.25, -0.2) is 4.79 Å². The summed E-state index contributed by atoms with van der Waals surface area (Å²) >= 11 is 0. The molecule has 34 heavy (non-hydrogen) atoms. The molecule has 0 bridgehead atoms. The fourth-order valence-electron chi connectivity index (χ4n) is 3.57. The summed E-state index contributed by atoms with van der Waals surface area (Å²) in [6, 6.07) is 12.7. The highest BCUT2D eigenvalue weighted by molar-refractivity contribution is 5.85. The third kappa shape index (κ3) is 9.76. The minimum absolute atomic E-state index is 0.227. The summed E-state index contributed by atoms with van der Waals surface area (Å²) in [6.45, 7) is 7.27. The first-order valence-corrected chi connectivity index (χ1v) is 11.3. The lowest BCUT2D eigenvalue weighted by Gasteiger charge is -2.23. The first kappa shape index (κ1) is 27.1. The summed E-state index contributed by atoms with van der Waals surface area (Å²) in [5.74, 6) is -1.58. The van der Waals surface area contributed by atoms with Crippen LogP contribution in [0.15, 0.2) is 42.5 Å². The molecule has 3 atom stereocenters. The Balaban J connectivity index is 1.83. The molecule has 186 valence electrons. The molecule has 0 spiro atoms. The van der Waals surface area contributed by atoms with Crippen LogP contribution in [0.2, 0.25) is 0 Å². The predicted molar refractivity (Wildman–Crippen MR) is 129 cm³/mol. The minimum Gasteiger partial charge on any atom is -0.481 e. The summed E-state index contributed by atoms with van der Waals surface area (Å²) < 4.78 is 5.14. The van der Waals surface area contributed by atoms with Crippen molar-refractivity contribution in [3.63, 3.8) is 0 Å². The van der Waals surface area contributed by atoms with Crippen LogP contribution in [-0.4, -0.2) is 52.1 Å². The zero-order valence-electron chi connectivity index (χ0n) is 20.1. The van der Waals surface area contributed by atoms with Gasteiger partial charge in [0.2, 0.25) is 5.91 Å². The van der Waals surface area contributed by atoms with Crippen LogP contribution in [0.25, 0.3) is 10.8 Å². The molecule has 0 heterocycles. The average molecular weight is 474 g/mol. The topological polar surface area (TPSA) is 137 Å². The number of ether oxygens (including phenoxy) is 1. The van der Waals surface area contributed by atoms with Crippen LogP contribution in [0.5, 0.6) is 0 Å². The number of carbonyl (C=O) groups is 3. The molecule has 0 aromatic heterocycles. The molecule has 0 aliphatic rings. The van der Waals surface area contributed by atoms with Gasteiger partial charge in [-0.2, -0.15) is 0 Å². The third-order valence-corrected chi connectivity index (χ3v) is 4.97. The van der Waals surface area contributed by atoms with Gasteiger partial charge in [0.1, 0.15) is 11.8 Å². The van der Waals surface area contributed by atoms with E-state index in [1.807, 2.05) is 42.5 Å². The van der Waals surface area contributed by atoms with Gasteiger partial charge in [0.05, 0.1) is 12.5 Å². The average Bonchev–Trinajstić information content (AvgIpc) is 2.69. The Labute approximate surface area is 199 Å². The van der Waals surface area contributed by atoms with Gasteiger partial charge in [0.15, 0.2) is 0 Å². The van der Waals surface area contributed by atoms with E-state index in [9.17, 15) is 19.5 Å². The second kappa shape index (κ2) is 12.3. The summed E-state index contributed by atoms with van der Waals surface area (Å²) in [6.07, 6.45) is -2.04. The van der Waals surface area contributed by atoms with Crippen molar-refractivity contribution in [3.8, 4) is 0 Å². The number of carboxylic acids is 1. The maximum absolute atomic E-state index is 12.4. The van der Waals surface area contributed by atoms with Crippen molar-refractivity contribution in [2.24, 2.45) is 0 Å². The molecular formula is C25H35N3O6. The van der Waals surface area contributed by atoms with E-state index in [2.05, 4.69) is 16.0 Å². The third-order valence-electron chi connectivity index (χ3n) is 4.97. The lowest BCUT2D eigenvalue weighted by atomic mass is 10.0. The molecule has 0 aliphatic heterocycles. The van der Waals surface area contributed by atoms with Crippen molar-refractivity contribution in [2.45, 2.75) is 77.4 Å². The second-order valence-electron chi connectivity index (χ2n) is 9.38. The molecule has 0 aliphatic carbocycles. The van der Waals surface area contributed by atoms with Gasteiger partial charge in [-0.1, -0.05) is 42.5 Å². The van der Waals surface area contributed by atoms with E-state index in [1.54, 1.807) is 27.7 Å². The van der Waals surface area contributed by atoms with Crippen molar-refractivity contribution >= 4 is 28.7 Å². The van der Waals surface area contributed by atoms with Crippen molar-refractivity contribution in [3.05, 3.63) is 48.0 Å². The number of hydrogen-bond donors (Lipinski definition) is 5. The van der Waals surface area contributed by atoms with Crippen molar-refractivity contribution in [1.29, 1.82) is 0 Å². The fourth-order valence-corrected chi connectivity index (χ4v) is 3.57. The molecule has 2 aromatic rings. The first-order valence-electron chi connectivity index (χ1n) is 11.3. The Morgan fingerprint density at radius 2 is 1.68 bits per heavy atom. The monoisotopic (exact) mass is 473 g/mol. The smallest absolute Gasteiger partial charge is 0.407 e. The van der Waals surface area contributed by atoms with E-state index in [0.29, 0.717) is 6.54 Å². The number of alkyl carbamates (subject to hydrolysis) is 1. The number of carbonyl (C=O) groups excluding carboxylic acids is 2. The summed E-state index contributed by atoms with van der Waals surface area (Å²) in [4.78, 5) is 35.5. The number of aliphatic hydroxyl groups is 1. The van der Waals surface area contributed by atoms with Crippen LogP contribution in [0, 0.1) is 0 Å². The van der Waals surface area contributed by atoms with Crippen LogP contribution in [0.4, 0.5) is 4.79 Å². The molecule has 2 amide bonds. The minimum atomic E-state index is -1.14. The number of hydrogen-bond acceptors (Lipinski definition) is 6. The number of fused-ring (bicyclic) bond motifs is 1. The molecule has 1 unspecified atom stereocenters. The van der Waals surface area contributed by atoms with E-state index in [4.69, 9.17) is 9.84 Å². The number of nitrogens with one attached hydrogen (secondary N) is 3. The highest BCUT2D eigenvalue weighted by Gasteiger charge is 2.24. The van der Waals surface area contributed by atoms with Gasteiger partial charge >= 0.3 is 12.1 Å². The van der Waals surface area contributed by atoms with Crippen LogP contribution in [-0.2, 0) is 20.9 Å². The zero-order chi connectivity index (χ0) is 25.3. The molecular weight excluding hydrogens is 438 g/mol. The molecule has 0 fully saturated rings. The molecule has 2 aromatic carbocycles. The standard InChI is InChI=1S/C25H35N3O6/c1-16(12-21(29)26-15-18-10-7-9-17-8-5-6-11-20(17)18)27-22(30)13-19(14-23(31)32)28-24(33)34-25(2,3)4/h5-11,16,19,21,26,29H,12-15H2,1-4H3,(H,27,30)(H,28,33)(H,31,32)/t16-,19+,21?/m0/s1. The largest absolute Gasteiger partial charge is 0.481 e. The van der Waals surface area contributed by atoms with Crippen LogP contribution in [0.1, 0.15) is 52.5 Å².